The number of carbonyl (C=O) groups is 1. The van der Waals surface area contributed by atoms with Crippen LogP contribution in [0.3, 0.4) is 0 Å². The lowest BCUT2D eigenvalue weighted by molar-refractivity contribution is -0.113. The standard InChI is InChI=1S/C20H17N5OS2/c1-25-18(15-10-6-3-7-11-15)23-24-20(25)28-13-17(26)22-19-21-16(12-27-19)14-8-4-2-5-9-14/h2-12H,13H2,1H3,(H,21,22,26). The first kappa shape index (κ1) is 18.4. The lowest BCUT2D eigenvalue weighted by Gasteiger charge is -2.04. The maximum atomic E-state index is 12.3. The van der Waals surface area contributed by atoms with Crippen molar-refractivity contribution in [3.8, 4) is 22.6 Å². The second-order valence-corrected chi connectivity index (χ2v) is 7.77. The first-order valence-corrected chi connectivity index (χ1v) is 10.5. The Bertz CT molecular complexity index is 1080. The number of hydrogen-bond acceptors (Lipinski definition) is 6. The number of anilines is 1. The molecule has 2 aromatic carbocycles. The first-order valence-electron chi connectivity index (χ1n) is 8.59. The summed E-state index contributed by atoms with van der Waals surface area (Å²) in [6, 6.07) is 19.7. The smallest absolute Gasteiger partial charge is 0.236 e. The van der Waals surface area contributed by atoms with Gasteiger partial charge in [-0.15, -0.1) is 21.5 Å². The summed E-state index contributed by atoms with van der Waals surface area (Å²) >= 11 is 2.76. The summed E-state index contributed by atoms with van der Waals surface area (Å²) in [5, 5.41) is 14.5. The number of amides is 1. The normalized spacial score (nSPS) is 10.8. The molecule has 0 aliphatic carbocycles. The Balaban J connectivity index is 1.37. The molecule has 1 N–H and O–H groups in total. The van der Waals surface area contributed by atoms with Gasteiger partial charge in [-0.25, -0.2) is 4.98 Å². The first-order chi connectivity index (χ1) is 13.7. The summed E-state index contributed by atoms with van der Waals surface area (Å²) in [7, 11) is 1.90. The van der Waals surface area contributed by atoms with Crippen molar-refractivity contribution in [2.75, 3.05) is 11.1 Å². The van der Waals surface area contributed by atoms with E-state index in [1.165, 1.54) is 23.1 Å². The number of rotatable bonds is 6. The molecule has 4 aromatic rings. The second kappa shape index (κ2) is 8.37. The minimum Gasteiger partial charge on any atom is -0.305 e. The van der Waals surface area contributed by atoms with Crippen LogP contribution < -0.4 is 5.32 Å². The molecule has 0 saturated heterocycles. The molecule has 6 nitrogen and oxygen atoms in total. The molecular weight excluding hydrogens is 390 g/mol. The van der Waals surface area contributed by atoms with Crippen LogP contribution in [-0.4, -0.2) is 31.4 Å². The second-order valence-electron chi connectivity index (χ2n) is 5.97. The van der Waals surface area contributed by atoms with Crippen LogP contribution in [0, 0.1) is 0 Å². The Labute approximate surface area is 170 Å². The fourth-order valence-corrected chi connectivity index (χ4v) is 4.08. The monoisotopic (exact) mass is 407 g/mol. The van der Waals surface area contributed by atoms with Gasteiger partial charge in [-0.1, -0.05) is 72.4 Å². The number of aromatic nitrogens is 4. The van der Waals surface area contributed by atoms with Crippen LogP contribution >= 0.6 is 23.1 Å². The van der Waals surface area contributed by atoms with Gasteiger partial charge in [0.2, 0.25) is 5.91 Å². The van der Waals surface area contributed by atoms with E-state index in [2.05, 4.69) is 20.5 Å². The van der Waals surface area contributed by atoms with E-state index in [1.807, 2.05) is 77.7 Å². The summed E-state index contributed by atoms with van der Waals surface area (Å²) in [4.78, 5) is 16.8. The van der Waals surface area contributed by atoms with Crippen molar-refractivity contribution in [3.05, 3.63) is 66.0 Å². The van der Waals surface area contributed by atoms with Crippen molar-refractivity contribution in [1.29, 1.82) is 0 Å². The molecule has 0 spiro atoms. The van der Waals surface area contributed by atoms with Gasteiger partial charge in [0.1, 0.15) is 0 Å². The molecule has 0 aliphatic rings. The highest BCUT2D eigenvalue weighted by Crippen LogP contribution is 2.25. The maximum Gasteiger partial charge on any atom is 0.236 e. The summed E-state index contributed by atoms with van der Waals surface area (Å²) in [5.74, 6) is 0.889. The van der Waals surface area contributed by atoms with Crippen molar-refractivity contribution in [2.24, 2.45) is 7.05 Å². The molecule has 0 unspecified atom stereocenters. The molecule has 2 aromatic heterocycles. The van der Waals surface area contributed by atoms with E-state index in [0.717, 1.165) is 22.6 Å². The van der Waals surface area contributed by atoms with Crippen molar-refractivity contribution in [3.63, 3.8) is 0 Å². The lowest BCUT2D eigenvalue weighted by atomic mass is 10.2. The Morgan fingerprint density at radius 2 is 1.71 bits per heavy atom. The molecule has 0 fully saturated rings. The number of nitrogens with one attached hydrogen (secondary N) is 1. The van der Waals surface area contributed by atoms with Crippen LogP contribution in [0.15, 0.2) is 71.2 Å². The van der Waals surface area contributed by atoms with E-state index < -0.39 is 0 Å². The highest BCUT2D eigenvalue weighted by molar-refractivity contribution is 7.99. The van der Waals surface area contributed by atoms with Crippen LogP contribution in [0.1, 0.15) is 0 Å². The maximum absolute atomic E-state index is 12.3. The molecule has 1 amide bonds. The summed E-state index contributed by atoms with van der Waals surface area (Å²) in [5.41, 5.74) is 2.88. The van der Waals surface area contributed by atoms with Gasteiger partial charge in [0, 0.05) is 23.6 Å². The quantitative estimate of drug-likeness (QED) is 0.482. The van der Waals surface area contributed by atoms with Crippen molar-refractivity contribution >= 4 is 34.1 Å². The minimum absolute atomic E-state index is 0.122. The number of thiazole rings is 1. The molecule has 0 bridgehead atoms. The van der Waals surface area contributed by atoms with Gasteiger partial charge in [-0.3, -0.25) is 4.79 Å². The fourth-order valence-electron chi connectivity index (χ4n) is 2.64. The SMILES string of the molecule is Cn1c(SCC(=O)Nc2nc(-c3ccccc3)cs2)nnc1-c1ccccc1. The molecule has 140 valence electrons. The predicted molar refractivity (Wildman–Crippen MR) is 113 cm³/mol. The van der Waals surface area contributed by atoms with Crippen LogP contribution in [0.5, 0.6) is 0 Å². The van der Waals surface area contributed by atoms with E-state index in [9.17, 15) is 4.79 Å². The molecule has 2 heterocycles. The summed E-state index contributed by atoms with van der Waals surface area (Å²) < 4.78 is 1.89. The van der Waals surface area contributed by atoms with Crippen LogP contribution in [0.2, 0.25) is 0 Å². The predicted octanol–water partition coefficient (Wildman–Crippen LogP) is 4.34. The zero-order valence-corrected chi connectivity index (χ0v) is 16.7. The summed E-state index contributed by atoms with van der Waals surface area (Å²) in [6.07, 6.45) is 0. The molecule has 0 atom stereocenters. The molecular formula is C20H17N5OS2. The fraction of sp³-hybridized carbons (Fsp3) is 0.100. The number of hydrogen-bond donors (Lipinski definition) is 1. The number of carbonyl (C=O) groups excluding carboxylic acids is 1. The summed E-state index contributed by atoms with van der Waals surface area (Å²) in [6.45, 7) is 0. The number of benzene rings is 2. The van der Waals surface area contributed by atoms with Crippen LogP contribution in [0.25, 0.3) is 22.6 Å². The van der Waals surface area contributed by atoms with E-state index in [-0.39, 0.29) is 11.7 Å². The average molecular weight is 408 g/mol. The third-order valence-corrected chi connectivity index (χ3v) is 5.80. The van der Waals surface area contributed by atoms with E-state index in [4.69, 9.17) is 0 Å². The molecule has 0 saturated carbocycles. The molecule has 8 heteroatoms. The van der Waals surface area contributed by atoms with E-state index in [0.29, 0.717) is 10.3 Å². The van der Waals surface area contributed by atoms with Gasteiger partial charge in [-0.05, 0) is 0 Å². The highest BCUT2D eigenvalue weighted by atomic mass is 32.2. The number of thioether (sulfide) groups is 1. The van der Waals surface area contributed by atoms with Crippen molar-refractivity contribution in [1.82, 2.24) is 19.7 Å². The Morgan fingerprint density at radius 3 is 2.43 bits per heavy atom. The highest BCUT2D eigenvalue weighted by Gasteiger charge is 2.14. The van der Waals surface area contributed by atoms with Crippen LogP contribution in [-0.2, 0) is 11.8 Å². The topological polar surface area (TPSA) is 72.7 Å². The lowest BCUT2D eigenvalue weighted by Crippen LogP contribution is -2.14. The third-order valence-electron chi connectivity index (χ3n) is 4.02. The zero-order valence-electron chi connectivity index (χ0n) is 15.1. The van der Waals surface area contributed by atoms with Gasteiger partial charge in [-0.2, -0.15) is 0 Å². The molecule has 0 radical (unpaired) electrons. The zero-order chi connectivity index (χ0) is 19.3. The average Bonchev–Trinajstić information content (AvgIpc) is 3.34. The Hall–Kier alpha value is -2.97. The Kier molecular flexibility index (Phi) is 5.50. The van der Waals surface area contributed by atoms with Gasteiger partial charge in [0.15, 0.2) is 16.1 Å². The third kappa shape index (κ3) is 4.13. The van der Waals surface area contributed by atoms with Crippen molar-refractivity contribution < 1.29 is 4.79 Å². The van der Waals surface area contributed by atoms with Gasteiger partial charge < -0.3 is 9.88 Å². The largest absolute Gasteiger partial charge is 0.305 e. The van der Waals surface area contributed by atoms with Gasteiger partial charge in [0.25, 0.3) is 0 Å². The number of nitrogens with zero attached hydrogens (tertiary/aromatic N) is 4. The van der Waals surface area contributed by atoms with Crippen molar-refractivity contribution in [2.45, 2.75) is 5.16 Å². The van der Waals surface area contributed by atoms with E-state index >= 15 is 0 Å². The minimum atomic E-state index is -0.122. The van der Waals surface area contributed by atoms with Crippen LogP contribution in [0.4, 0.5) is 5.13 Å². The van der Waals surface area contributed by atoms with Gasteiger partial charge in [0.05, 0.1) is 11.4 Å². The molecule has 28 heavy (non-hydrogen) atoms. The molecule has 4 rings (SSSR count). The Morgan fingerprint density at radius 1 is 1.04 bits per heavy atom. The van der Waals surface area contributed by atoms with Gasteiger partial charge >= 0.3 is 0 Å². The van der Waals surface area contributed by atoms with E-state index in [1.54, 1.807) is 0 Å². The molecule has 0 aliphatic heterocycles.